The topological polar surface area (TPSA) is 72.1 Å². The Balaban J connectivity index is 1.78. The van der Waals surface area contributed by atoms with Gasteiger partial charge in [0.2, 0.25) is 0 Å². The third-order valence-corrected chi connectivity index (χ3v) is 3.45. The molecular weight excluding hydrogens is 337 g/mol. The lowest BCUT2D eigenvalue weighted by atomic mass is 10.3. The minimum atomic E-state index is -4.18. The zero-order chi connectivity index (χ0) is 18.3. The summed E-state index contributed by atoms with van der Waals surface area (Å²) in [4.78, 5) is 5.33. The molecular formula is C16H23F3N4O2. The molecule has 0 atom stereocenters. The monoisotopic (exact) mass is 360 g/mol. The standard InChI is InChI=1S/C16H23F3N4O2/c1-23(11-16(17,18)19)7-2-6-21-15(20)22-12-4-5-13-14(10-12)25-9-3-8-24-13/h4-5,10H,2-3,6-9,11H2,1H3,(H3,20,21,22). The van der Waals surface area contributed by atoms with Gasteiger partial charge in [-0.3, -0.25) is 9.89 Å². The Hall–Kier alpha value is -2.16. The van der Waals surface area contributed by atoms with E-state index in [-0.39, 0.29) is 5.96 Å². The number of nitrogens with two attached hydrogens (primary N) is 1. The van der Waals surface area contributed by atoms with E-state index in [1.165, 1.54) is 11.9 Å². The number of aliphatic imine (C=N–C) groups is 1. The number of guanidine groups is 1. The molecule has 0 bridgehead atoms. The highest BCUT2D eigenvalue weighted by molar-refractivity contribution is 5.92. The molecule has 1 aromatic rings. The van der Waals surface area contributed by atoms with Crippen molar-refractivity contribution in [3.05, 3.63) is 18.2 Å². The van der Waals surface area contributed by atoms with Crippen LogP contribution in [-0.2, 0) is 0 Å². The molecule has 0 saturated carbocycles. The molecule has 1 aromatic carbocycles. The molecule has 1 aliphatic rings. The third kappa shape index (κ3) is 7.08. The number of alkyl halides is 3. The van der Waals surface area contributed by atoms with Crippen LogP contribution in [0.15, 0.2) is 23.2 Å². The number of benzene rings is 1. The number of anilines is 1. The molecule has 0 unspecified atom stereocenters. The maximum Gasteiger partial charge on any atom is 0.401 e. The highest BCUT2D eigenvalue weighted by Crippen LogP contribution is 2.32. The van der Waals surface area contributed by atoms with Crippen molar-refractivity contribution in [2.45, 2.75) is 19.0 Å². The second-order valence-corrected chi connectivity index (χ2v) is 5.81. The van der Waals surface area contributed by atoms with Crippen molar-refractivity contribution in [3.63, 3.8) is 0 Å². The summed E-state index contributed by atoms with van der Waals surface area (Å²) in [6, 6.07) is 5.37. The van der Waals surface area contributed by atoms with Crippen molar-refractivity contribution in [2.24, 2.45) is 10.7 Å². The molecule has 3 N–H and O–H groups in total. The van der Waals surface area contributed by atoms with Crippen LogP contribution < -0.4 is 20.5 Å². The Labute approximate surface area is 144 Å². The number of ether oxygens (including phenoxy) is 2. The van der Waals surface area contributed by atoms with Crippen molar-refractivity contribution in [2.75, 3.05) is 45.2 Å². The van der Waals surface area contributed by atoms with E-state index in [1.54, 1.807) is 18.2 Å². The van der Waals surface area contributed by atoms with Crippen molar-refractivity contribution < 1.29 is 22.6 Å². The maximum absolute atomic E-state index is 12.2. The summed E-state index contributed by atoms with van der Waals surface area (Å²) in [5.74, 6) is 1.53. The molecule has 1 heterocycles. The van der Waals surface area contributed by atoms with Crippen LogP contribution in [0.25, 0.3) is 0 Å². The first kappa shape index (κ1) is 19.2. The van der Waals surface area contributed by atoms with Gasteiger partial charge in [0.05, 0.1) is 19.8 Å². The van der Waals surface area contributed by atoms with Gasteiger partial charge in [-0.15, -0.1) is 0 Å². The summed E-state index contributed by atoms with van der Waals surface area (Å²) in [6.45, 7) is 0.908. The van der Waals surface area contributed by atoms with E-state index in [4.69, 9.17) is 15.2 Å². The second kappa shape index (κ2) is 8.80. The molecule has 0 amide bonds. The van der Waals surface area contributed by atoms with E-state index in [0.29, 0.717) is 49.9 Å². The van der Waals surface area contributed by atoms with Gasteiger partial charge in [-0.05, 0) is 32.1 Å². The van der Waals surface area contributed by atoms with Gasteiger partial charge in [0, 0.05) is 24.7 Å². The van der Waals surface area contributed by atoms with Gasteiger partial charge < -0.3 is 20.5 Å². The van der Waals surface area contributed by atoms with Crippen molar-refractivity contribution in [1.82, 2.24) is 4.90 Å². The van der Waals surface area contributed by atoms with Gasteiger partial charge in [0.15, 0.2) is 17.5 Å². The lowest BCUT2D eigenvalue weighted by Crippen LogP contribution is -2.32. The van der Waals surface area contributed by atoms with Gasteiger partial charge >= 0.3 is 6.18 Å². The summed E-state index contributed by atoms with van der Waals surface area (Å²) in [7, 11) is 1.43. The lowest BCUT2D eigenvalue weighted by molar-refractivity contribution is -0.143. The van der Waals surface area contributed by atoms with Gasteiger partial charge in [-0.25, -0.2) is 0 Å². The Bertz CT molecular complexity index is 593. The summed E-state index contributed by atoms with van der Waals surface area (Å²) in [5.41, 5.74) is 6.51. The predicted molar refractivity (Wildman–Crippen MR) is 90.3 cm³/mol. The van der Waals surface area contributed by atoms with E-state index < -0.39 is 12.7 Å². The molecule has 0 fully saturated rings. The van der Waals surface area contributed by atoms with Gasteiger partial charge in [0.25, 0.3) is 0 Å². The van der Waals surface area contributed by atoms with E-state index in [9.17, 15) is 13.2 Å². The zero-order valence-corrected chi connectivity index (χ0v) is 14.1. The molecule has 0 aromatic heterocycles. The number of nitrogens with one attached hydrogen (secondary N) is 1. The molecule has 6 nitrogen and oxygen atoms in total. The largest absolute Gasteiger partial charge is 0.490 e. The Morgan fingerprint density at radius 3 is 2.72 bits per heavy atom. The first-order valence-electron chi connectivity index (χ1n) is 8.05. The average molecular weight is 360 g/mol. The minimum absolute atomic E-state index is 0.202. The quantitative estimate of drug-likeness (QED) is 0.463. The maximum atomic E-state index is 12.2. The second-order valence-electron chi connectivity index (χ2n) is 5.81. The van der Waals surface area contributed by atoms with Crippen LogP contribution in [0.2, 0.25) is 0 Å². The molecule has 0 radical (unpaired) electrons. The molecule has 2 rings (SSSR count). The lowest BCUT2D eigenvalue weighted by Gasteiger charge is -2.17. The number of nitrogens with zero attached hydrogens (tertiary/aromatic N) is 2. The SMILES string of the molecule is CN(CCCN=C(N)Nc1ccc2c(c1)OCCCO2)CC(F)(F)F. The number of hydrogen-bond acceptors (Lipinski definition) is 4. The van der Waals surface area contributed by atoms with Crippen LogP contribution in [0.5, 0.6) is 11.5 Å². The van der Waals surface area contributed by atoms with E-state index >= 15 is 0 Å². The zero-order valence-electron chi connectivity index (χ0n) is 14.1. The fourth-order valence-corrected chi connectivity index (χ4v) is 2.35. The minimum Gasteiger partial charge on any atom is -0.490 e. The van der Waals surface area contributed by atoms with E-state index in [0.717, 1.165) is 6.42 Å². The van der Waals surface area contributed by atoms with Crippen molar-refractivity contribution in [1.29, 1.82) is 0 Å². The fourth-order valence-electron chi connectivity index (χ4n) is 2.35. The van der Waals surface area contributed by atoms with Crippen LogP contribution in [0.3, 0.4) is 0 Å². The predicted octanol–water partition coefficient (Wildman–Crippen LogP) is 2.46. The third-order valence-electron chi connectivity index (χ3n) is 3.45. The summed E-state index contributed by atoms with van der Waals surface area (Å²) in [5, 5.41) is 2.94. The molecule has 25 heavy (non-hydrogen) atoms. The first-order chi connectivity index (χ1) is 11.8. The normalized spacial score (nSPS) is 15.2. The number of hydrogen-bond donors (Lipinski definition) is 2. The van der Waals surface area contributed by atoms with Crippen LogP contribution in [-0.4, -0.2) is 56.9 Å². The molecule has 0 spiro atoms. The van der Waals surface area contributed by atoms with Crippen molar-refractivity contribution >= 4 is 11.6 Å². The van der Waals surface area contributed by atoms with Crippen LogP contribution in [0, 0.1) is 0 Å². The highest BCUT2D eigenvalue weighted by Gasteiger charge is 2.28. The molecule has 9 heteroatoms. The smallest absolute Gasteiger partial charge is 0.401 e. The Morgan fingerprint density at radius 2 is 2.00 bits per heavy atom. The summed E-state index contributed by atoms with van der Waals surface area (Å²) < 4.78 is 47.8. The molecule has 1 aliphatic heterocycles. The van der Waals surface area contributed by atoms with Crippen LogP contribution >= 0.6 is 0 Å². The first-order valence-corrected chi connectivity index (χ1v) is 8.05. The Morgan fingerprint density at radius 1 is 1.28 bits per heavy atom. The van der Waals surface area contributed by atoms with Gasteiger partial charge in [-0.2, -0.15) is 13.2 Å². The average Bonchev–Trinajstić information content (AvgIpc) is 2.74. The molecule has 140 valence electrons. The number of halogens is 3. The van der Waals surface area contributed by atoms with Gasteiger partial charge in [-0.1, -0.05) is 0 Å². The highest BCUT2D eigenvalue weighted by atomic mass is 19.4. The van der Waals surface area contributed by atoms with Crippen LogP contribution in [0.1, 0.15) is 12.8 Å². The molecule has 0 saturated heterocycles. The van der Waals surface area contributed by atoms with Crippen LogP contribution in [0.4, 0.5) is 18.9 Å². The number of fused-ring (bicyclic) bond motifs is 1. The number of rotatable bonds is 6. The Kier molecular flexibility index (Phi) is 6.74. The summed E-state index contributed by atoms with van der Waals surface area (Å²) >= 11 is 0. The summed E-state index contributed by atoms with van der Waals surface area (Å²) in [6.07, 6.45) is -2.88. The molecule has 0 aliphatic carbocycles. The fraction of sp³-hybridized carbons (Fsp3) is 0.562. The van der Waals surface area contributed by atoms with Crippen molar-refractivity contribution in [3.8, 4) is 11.5 Å². The van der Waals surface area contributed by atoms with E-state index in [2.05, 4.69) is 10.3 Å². The van der Waals surface area contributed by atoms with Gasteiger partial charge in [0.1, 0.15) is 0 Å². The van der Waals surface area contributed by atoms with E-state index in [1.807, 2.05) is 0 Å².